The zero-order valence-corrected chi connectivity index (χ0v) is 9.32. The van der Waals surface area contributed by atoms with Crippen LogP contribution in [0.3, 0.4) is 0 Å². The molecule has 14 heavy (non-hydrogen) atoms. The number of carbonyl (C=O) groups excluding carboxylic acids is 1. The average molecular weight is 229 g/mol. The van der Waals surface area contributed by atoms with Gasteiger partial charge in [-0.1, -0.05) is 30.1 Å². The van der Waals surface area contributed by atoms with E-state index >= 15 is 0 Å². The van der Waals surface area contributed by atoms with Crippen LogP contribution in [0.25, 0.3) is 0 Å². The van der Waals surface area contributed by atoms with E-state index in [1.807, 2.05) is 6.92 Å². The fourth-order valence-corrected chi connectivity index (χ4v) is 2.37. The molecule has 0 spiro atoms. The predicted octanol–water partition coefficient (Wildman–Crippen LogP) is 3.76. The summed E-state index contributed by atoms with van der Waals surface area (Å²) < 4.78 is 0. The number of carbonyl (C=O) groups is 1. The van der Waals surface area contributed by atoms with E-state index in [1.165, 1.54) is 0 Å². The molecule has 1 unspecified atom stereocenters. The molecule has 1 aliphatic rings. The normalized spacial score (nSPS) is 20.8. The van der Waals surface area contributed by atoms with Crippen LogP contribution >= 0.6 is 23.2 Å². The number of halogens is 2. The minimum Gasteiger partial charge on any atom is -0.294 e. The van der Waals surface area contributed by atoms with Crippen LogP contribution in [0.15, 0.2) is 12.1 Å². The van der Waals surface area contributed by atoms with E-state index in [0.29, 0.717) is 15.6 Å². The first-order valence-electron chi connectivity index (χ1n) is 4.62. The standard InChI is InChI=1S/C11H10Cl2O/c1-6-2-3-7-8(12)4-5-9(13)10(7)11(6)14/h4-6H,2-3H2,1H3. The summed E-state index contributed by atoms with van der Waals surface area (Å²) in [6.45, 7) is 1.93. The number of benzene rings is 1. The second-order valence-corrected chi connectivity index (χ2v) is 4.50. The summed E-state index contributed by atoms with van der Waals surface area (Å²) >= 11 is 12.0. The molecule has 0 radical (unpaired) electrons. The van der Waals surface area contributed by atoms with Gasteiger partial charge in [0.2, 0.25) is 0 Å². The number of fused-ring (bicyclic) bond motifs is 1. The largest absolute Gasteiger partial charge is 0.294 e. The Bertz CT molecular complexity index is 399. The minimum absolute atomic E-state index is 0.0680. The molecule has 74 valence electrons. The quantitative estimate of drug-likeness (QED) is 0.661. The Balaban J connectivity index is 2.64. The van der Waals surface area contributed by atoms with Crippen LogP contribution in [0.5, 0.6) is 0 Å². The highest BCUT2D eigenvalue weighted by atomic mass is 35.5. The molecule has 1 nitrogen and oxygen atoms in total. The summed E-state index contributed by atoms with van der Waals surface area (Å²) in [4.78, 5) is 11.8. The monoisotopic (exact) mass is 228 g/mol. The topological polar surface area (TPSA) is 17.1 Å². The summed E-state index contributed by atoms with van der Waals surface area (Å²) in [7, 11) is 0. The number of Topliss-reactive ketones (excluding diaryl/α,β-unsaturated/α-hetero) is 1. The third-order valence-electron chi connectivity index (χ3n) is 2.73. The molecule has 0 fully saturated rings. The van der Waals surface area contributed by atoms with Crippen molar-refractivity contribution in [3.63, 3.8) is 0 Å². The van der Waals surface area contributed by atoms with Gasteiger partial charge in [0.05, 0.1) is 5.02 Å². The van der Waals surface area contributed by atoms with Gasteiger partial charge in [-0.15, -0.1) is 0 Å². The molecular formula is C11H10Cl2O. The second-order valence-electron chi connectivity index (χ2n) is 3.69. The summed E-state index contributed by atoms with van der Waals surface area (Å²) in [5, 5.41) is 1.19. The maximum absolute atomic E-state index is 11.8. The molecule has 1 atom stereocenters. The number of rotatable bonds is 0. The van der Waals surface area contributed by atoms with Crippen LogP contribution in [-0.4, -0.2) is 5.78 Å². The predicted molar refractivity (Wildman–Crippen MR) is 58.3 cm³/mol. The minimum atomic E-state index is 0.0680. The molecule has 0 aromatic heterocycles. The van der Waals surface area contributed by atoms with Crippen LogP contribution in [-0.2, 0) is 6.42 Å². The van der Waals surface area contributed by atoms with E-state index in [9.17, 15) is 4.79 Å². The first kappa shape index (κ1) is 10.0. The highest BCUT2D eigenvalue weighted by molar-refractivity contribution is 6.36. The molecule has 0 N–H and O–H groups in total. The average Bonchev–Trinajstić information content (AvgIpc) is 2.16. The first-order valence-corrected chi connectivity index (χ1v) is 5.38. The van der Waals surface area contributed by atoms with E-state index in [-0.39, 0.29) is 11.7 Å². The van der Waals surface area contributed by atoms with Crippen molar-refractivity contribution in [2.24, 2.45) is 5.92 Å². The fraction of sp³-hybridized carbons (Fsp3) is 0.364. The molecule has 1 aromatic carbocycles. The maximum atomic E-state index is 11.8. The highest BCUT2D eigenvalue weighted by Crippen LogP contribution is 2.34. The Morgan fingerprint density at radius 2 is 1.93 bits per heavy atom. The van der Waals surface area contributed by atoms with Crippen LogP contribution in [0, 0.1) is 5.92 Å². The summed E-state index contributed by atoms with van der Waals surface area (Å²) in [5.74, 6) is 0.192. The van der Waals surface area contributed by atoms with E-state index < -0.39 is 0 Å². The van der Waals surface area contributed by atoms with Crippen molar-refractivity contribution in [3.05, 3.63) is 33.3 Å². The van der Waals surface area contributed by atoms with E-state index in [0.717, 1.165) is 18.4 Å². The highest BCUT2D eigenvalue weighted by Gasteiger charge is 2.27. The van der Waals surface area contributed by atoms with Gasteiger partial charge in [0.15, 0.2) is 5.78 Å². The lowest BCUT2D eigenvalue weighted by Gasteiger charge is -2.21. The molecule has 0 heterocycles. The number of hydrogen-bond acceptors (Lipinski definition) is 1. The lowest BCUT2D eigenvalue weighted by molar-refractivity contribution is 0.0914. The smallest absolute Gasteiger partial charge is 0.167 e. The van der Waals surface area contributed by atoms with Gasteiger partial charge in [-0.3, -0.25) is 4.79 Å². The van der Waals surface area contributed by atoms with Crippen molar-refractivity contribution in [2.45, 2.75) is 19.8 Å². The van der Waals surface area contributed by atoms with Crippen LogP contribution in [0.2, 0.25) is 10.0 Å². The Labute approximate surface area is 93.0 Å². The molecule has 0 bridgehead atoms. The first-order chi connectivity index (χ1) is 6.61. The van der Waals surface area contributed by atoms with Gasteiger partial charge in [-0.05, 0) is 30.5 Å². The number of hydrogen-bond donors (Lipinski definition) is 0. The van der Waals surface area contributed by atoms with Crippen molar-refractivity contribution < 1.29 is 4.79 Å². The lowest BCUT2D eigenvalue weighted by atomic mass is 9.84. The third kappa shape index (κ3) is 1.45. The molecule has 1 aromatic rings. The molecule has 0 saturated heterocycles. The van der Waals surface area contributed by atoms with Crippen molar-refractivity contribution >= 4 is 29.0 Å². The van der Waals surface area contributed by atoms with Gasteiger partial charge in [-0.25, -0.2) is 0 Å². The van der Waals surface area contributed by atoms with Gasteiger partial charge >= 0.3 is 0 Å². The van der Waals surface area contributed by atoms with E-state index in [1.54, 1.807) is 12.1 Å². The summed E-state index contributed by atoms with van der Waals surface area (Å²) in [6.07, 6.45) is 1.72. The number of ketones is 1. The summed E-state index contributed by atoms with van der Waals surface area (Å²) in [5.41, 5.74) is 1.56. The molecular weight excluding hydrogens is 219 g/mol. The Hall–Kier alpha value is -0.530. The van der Waals surface area contributed by atoms with Gasteiger partial charge < -0.3 is 0 Å². The molecule has 0 amide bonds. The lowest BCUT2D eigenvalue weighted by Crippen LogP contribution is -2.20. The molecule has 1 aliphatic carbocycles. The van der Waals surface area contributed by atoms with E-state index in [2.05, 4.69) is 0 Å². The Morgan fingerprint density at radius 3 is 2.64 bits per heavy atom. The maximum Gasteiger partial charge on any atom is 0.167 e. The van der Waals surface area contributed by atoms with Crippen LogP contribution in [0.1, 0.15) is 29.3 Å². The zero-order chi connectivity index (χ0) is 10.3. The van der Waals surface area contributed by atoms with Gasteiger partial charge in [0.1, 0.15) is 0 Å². The summed E-state index contributed by atoms with van der Waals surface area (Å²) in [6, 6.07) is 3.45. The molecule has 0 saturated carbocycles. The van der Waals surface area contributed by atoms with Crippen molar-refractivity contribution in [3.8, 4) is 0 Å². The van der Waals surface area contributed by atoms with Crippen LogP contribution in [0.4, 0.5) is 0 Å². The van der Waals surface area contributed by atoms with Crippen molar-refractivity contribution in [1.29, 1.82) is 0 Å². The second kappa shape index (κ2) is 3.56. The SMILES string of the molecule is CC1CCc2c(Cl)ccc(Cl)c2C1=O. The molecule has 2 rings (SSSR count). The Morgan fingerprint density at radius 1 is 1.29 bits per heavy atom. The van der Waals surface area contributed by atoms with E-state index in [4.69, 9.17) is 23.2 Å². The van der Waals surface area contributed by atoms with Gasteiger partial charge in [0, 0.05) is 16.5 Å². The van der Waals surface area contributed by atoms with Crippen LogP contribution < -0.4 is 0 Å². The Kier molecular flexibility index (Phi) is 2.54. The third-order valence-corrected chi connectivity index (χ3v) is 3.40. The zero-order valence-electron chi connectivity index (χ0n) is 7.81. The molecule has 3 heteroatoms. The fourth-order valence-electron chi connectivity index (χ4n) is 1.84. The van der Waals surface area contributed by atoms with Crippen molar-refractivity contribution in [1.82, 2.24) is 0 Å². The van der Waals surface area contributed by atoms with Crippen molar-refractivity contribution in [2.75, 3.05) is 0 Å². The van der Waals surface area contributed by atoms with Gasteiger partial charge in [0.25, 0.3) is 0 Å². The molecule has 0 aliphatic heterocycles. The van der Waals surface area contributed by atoms with Gasteiger partial charge in [-0.2, -0.15) is 0 Å².